The van der Waals surface area contributed by atoms with E-state index >= 15 is 0 Å². The Morgan fingerprint density at radius 2 is 2.05 bits per heavy atom. The molecular weight excluding hydrogens is 586 g/mol. The van der Waals surface area contributed by atoms with Crippen LogP contribution in [-0.4, -0.2) is 73.8 Å². The van der Waals surface area contributed by atoms with Crippen molar-refractivity contribution in [2.24, 2.45) is 5.92 Å². The van der Waals surface area contributed by atoms with E-state index in [1.54, 1.807) is 10.9 Å². The number of imidazole rings is 1. The van der Waals surface area contributed by atoms with E-state index in [4.69, 9.17) is 31.2 Å². The van der Waals surface area contributed by atoms with E-state index in [1.807, 2.05) is 6.92 Å². The first kappa shape index (κ1) is 32.0. The molecule has 0 amide bonds. The van der Waals surface area contributed by atoms with Crippen molar-refractivity contribution in [1.29, 1.82) is 0 Å². The summed E-state index contributed by atoms with van der Waals surface area (Å²) in [6.07, 6.45) is -0.253. The maximum atomic E-state index is 11.6. The molecule has 1 unspecified atom stereocenters. The van der Waals surface area contributed by atoms with Crippen LogP contribution in [-0.2, 0) is 25.5 Å². The van der Waals surface area contributed by atoms with Crippen molar-refractivity contribution in [2.75, 3.05) is 12.3 Å². The summed E-state index contributed by atoms with van der Waals surface area (Å²) in [6.45, 7) is 19.3. The van der Waals surface area contributed by atoms with E-state index in [-0.39, 0.29) is 17.5 Å². The summed E-state index contributed by atoms with van der Waals surface area (Å²) in [7, 11) is -2.11. The van der Waals surface area contributed by atoms with E-state index < -0.39 is 49.8 Å². The van der Waals surface area contributed by atoms with Crippen molar-refractivity contribution < 1.29 is 23.9 Å². The third-order valence-electron chi connectivity index (χ3n) is 8.83. The molecule has 40 heavy (non-hydrogen) atoms. The molecule has 0 aromatic carbocycles. The van der Waals surface area contributed by atoms with Crippen molar-refractivity contribution in [3.63, 3.8) is 0 Å². The Morgan fingerprint density at radius 1 is 1.35 bits per heavy atom. The van der Waals surface area contributed by atoms with E-state index in [9.17, 15) is 10.2 Å². The average Bonchev–Trinajstić information content (AvgIpc) is 3.41. The number of aliphatic hydroxyl groups is 2. The van der Waals surface area contributed by atoms with Crippen LogP contribution in [0.5, 0.6) is 0 Å². The van der Waals surface area contributed by atoms with Gasteiger partial charge in [0.25, 0.3) is 0 Å². The largest absolute Gasteiger partial charge is 0.414 e. The van der Waals surface area contributed by atoms with Gasteiger partial charge in [0.05, 0.1) is 19.0 Å². The van der Waals surface area contributed by atoms with Gasteiger partial charge in [0.15, 0.2) is 26.0 Å². The number of rotatable bonds is 9. The maximum absolute atomic E-state index is 11.6. The van der Waals surface area contributed by atoms with Crippen LogP contribution in [0.1, 0.15) is 60.1 Å². The van der Waals surface area contributed by atoms with E-state index in [1.165, 1.54) is 17.7 Å². The topological polar surface area (TPSA) is 138 Å². The molecule has 0 radical (unpaired) electrons. The summed E-state index contributed by atoms with van der Waals surface area (Å²) in [5, 5.41) is 22.6. The normalized spacial score (nSPS) is 32.4. The van der Waals surface area contributed by atoms with Crippen LogP contribution in [0.25, 0.3) is 11.2 Å². The first-order valence-corrected chi connectivity index (χ1v) is 20.7. The third kappa shape index (κ3) is 6.52. The molecule has 1 saturated carbocycles. The fraction of sp³-hybridized carbons (Fsp3) is 0.731. The van der Waals surface area contributed by atoms with Crippen molar-refractivity contribution >= 4 is 54.6 Å². The molecule has 3 heterocycles. The Hall–Kier alpha value is -0.893. The molecule has 4 rings (SSSR count). The van der Waals surface area contributed by atoms with Gasteiger partial charge in [-0.15, -0.1) is 0 Å². The maximum Gasteiger partial charge on any atom is 0.192 e. The molecule has 4 N–H and O–H groups in total. The number of nitrogens with zero attached hydrogens (tertiary/aromatic N) is 4. The van der Waals surface area contributed by atoms with Gasteiger partial charge in [0, 0.05) is 4.75 Å². The summed E-state index contributed by atoms with van der Waals surface area (Å²) >= 11 is 7.40. The van der Waals surface area contributed by atoms with Crippen LogP contribution in [0.15, 0.2) is 24.8 Å². The van der Waals surface area contributed by atoms with E-state index in [0.29, 0.717) is 23.5 Å². The highest BCUT2D eigenvalue weighted by atomic mass is 32.9. The summed E-state index contributed by atoms with van der Waals surface area (Å²) in [4.78, 5) is 12.7. The quantitative estimate of drug-likeness (QED) is 0.200. The first-order chi connectivity index (χ1) is 18.5. The molecule has 1 saturated heterocycles. The predicted molar refractivity (Wildman–Crippen MR) is 168 cm³/mol. The Bertz CT molecular complexity index is 1260. The zero-order chi connectivity index (χ0) is 29.6. The molecule has 10 nitrogen and oxygen atoms in total. The molecule has 224 valence electrons. The second-order valence-corrected chi connectivity index (χ2v) is 23.1. The molecule has 1 aliphatic heterocycles. The van der Waals surface area contributed by atoms with Gasteiger partial charge in [0.1, 0.15) is 36.3 Å². The minimum absolute atomic E-state index is 0.00512. The average molecular weight is 630 g/mol. The molecule has 0 bridgehead atoms. The number of hydrogen-bond donors (Lipinski definition) is 3. The minimum atomic E-state index is -2.11. The number of nitrogens with two attached hydrogens (primary N) is 1. The number of nitrogen functional groups attached to an aromatic ring is 1. The van der Waals surface area contributed by atoms with Crippen molar-refractivity contribution in [1.82, 2.24) is 19.5 Å². The van der Waals surface area contributed by atoms with Gasteiger partial charge in [-0.1, -0.05) is 56.1 Å². The highest BCUT2D eigenvalue weighted by Crippen LogP contribution is 2.56. The number of hydrogen-bond acceptors (Lipinski definition) is 11. The number of allylic oxidation sites excluding steroid dienone is 1. The Labute approximate surface area is 247 Å². The lowest BCUT2D eigenvalue weighted by Crippen LogP contribution is -2.45. The fourth-order valence-corrected chi connectivity index (χ4v) is 11.7. The zero-order valence-corrected chi connectivity index (χ0v) is 28.1. The predicted octanol–water partition coefficient (Wildman–Crippen LogP) is 4.81. The van der Waals surface area contributed by atoms with Crippen LogP contribution < -0.4 is 5.73 Å². The summed E-state index contributed by atoms with van der Waals surface area (Å²) in [5.41, 5.74) is 7.99. The van der Waals surface area contributed by atoms with Gasteiger partial charge in [-0.3, -0.25) is 4.57 Å². The number of ether oxygens (including phenoxy) is 1. The molecule has 14 heteroatoms. The lowest BCUT2D eigenvalue weighted by molar-refractivity contribution is -0.0483. The van der Waals surface area contributed by atoms with Crippen LogP contribution >= 0.6 is 17.5 Å². The second kappa shape index (κ2) is 12.0. The Balaban J connectivity index is 1.55. The molecule has 0 spiro atoms. The highest BCUT2D eigenvalue weighted by molar-refractivity contribution is 8.63. The number of fused-ring (bicyclic) bond motifs is 1. The smallest absolute Gasteiger partial charge is 0.192 e. The molecule has 8 atom stereocenters. The molecule has 2 aromatic heterocycles. The summed E-state index contributed by atoms with van der Waals surface area (Å²) < 4.78 is 20.6. The van der Waals surface area contributed by atoms with Crippen molar-refractivity contribution in [3.8, 4) is 0 Å². The number of aliphatic hydroxyl groups excluding tert-OH is 2. The van der Waals surface area contributed by atoms with Crippen LogP contribution in [0.3, 0.4) is 0 Å². The molecular formula is C26H44N5O5PS2Si. The zero-order valence-electron chi connectivity index (χ0n) is 24.5. The molecule has 2 aliphatic rings. The standard InChI is InChI=1S/C26H44N5O5PS2Si/c1-15(2)16-9-10-26(6,18(32)11-16)39-37(38)36-21-17(12-34-40(7,8)25(3,4)5)35-24(20(21)33)31-14-30-19-22(27)28-13-29-23(19)31/h13-14,16-18,20-21,24,32-33,37H,1,9-12H2,2-8H3,(H2,27,28,29)/t16-,17-,18+,20-,21-,24-,26+/m1/s1. The van der Waals surface area contributed by atoms with Crippen LogP contribution in [0.2, 0.25) is 18.1 Å². The SMILES string of the molecule is C=C(C)[C@@H]1CC[C@](C)(S[PH](=S)O[C@H]2[C@@H](O)[C@H](n3cnc4c(N)ncnc43)O[C@@H]2CO[Si](C)(C)C(C)(C)C)[C@@H](O)C1. The van der Waals surface area contributed by atoms with E-state index in [2.05, 4.69) is 62.3 Å². The van der Waals surface area contributed by atoms with E-state index in [0.717, 1.165) is 18.4 Å². The summed E-state index contributed by atoms with van der Waals surface area (Å²) in [5.74, 6) is 0.568. The van der Waals surface area contributed by atoms with Gasteiger partial charge >= 0.3 is 0 Å². The number of aromatic nitrogens is 4. The lowest BCUT2D eigenvalue weighted by Gasteiger charge is -2.42. The lowest BCUT2D eigenvalue weighted by atomic mass is 9.77. The number of anilines is 1. The minimum Gasteiger partial charge on any atom is -0.414 e. The van der Waals surface area contributed by atoms with Crippen molar-refractivity contribution in [2.45, 2.75) is 107 Å². The summed E-state index contributed by atoms with van der Waals surface area (Å²) in [6, 6.07) is 0. The Kier molecular flexibility index (Phi) is 9.61. The third-order valence-corrected chi connectivity index (χ3v) is 18.1. The molecule has 2 aromatic rings. The first-order valence-electron chi connectivity index (χ1n) is 13.7. The Morgan fingerprint density at radius 3 is 2.67 bits per heavy atom. The highest BCUT2D eigenvalue weighted by Gasteiger charge is 2.49. The van der Waals surface area contributed by atoms with Crippen molar-refractivity contribution in [3.05, 3.63) is 24.8 Å². The molecule has 2 fully saturated rings. The molecule has 1 aliphatic carbocycles. The second-order valence-electron chi connectivity index (χ2n) is 12.8. The van der Waals surface area contributed by atoms with Gasteiger partial charge in [-0.2, -0.15) is 0 Å². The van der Waals surface area contributed by atoms with Crippen LogP contribution in [0, 0.1) is 5.92 Å². The van der Waals surface area contributed by atoms with Gasteiger partial charge < -0.3 is 29.6 Å². The monoisotopic (exact) mass is 629 g/mol. The van der Waals surface area contributed by atoms with Gasteiger partial charge in [0.2, 0.25) is 0 Å². The van der Waals surface area contributed by atoms with Crippen LogP contribution in [0.4, 0.5) is 5.82 Å². The fourth-order valence-electron chi connectivity index (χ4n) is 4.95. The van der Waals surface area contributed by atoms with Gasteiger partial charge in [-0.05, 0) is 57.2 Å². The van der Waals surface area contributed by atoms with Gasteiger partial charge in [-0.25, -0.2) is 15.0 Å².